The van der Waals surface area contributed by atoms with Crippen LogP contribution in [0.25, 0.3) is 0 Å². The maximum atomic E-state index is 11.5. The van der Waals surface area contributed by atoms with Gasteiger partial charge in [0.1, 0.15) is 5.78 Å². The molecule has 0 aliphatic carbocycles. The Morgan fingerprint density at radius 3 is 2.39 bits per heavy atom. The highest BCUT2D eigenvalue weighted by atomic mass is 31.0. The Hall–Kier alpha value is -0.730. The number of Topliss-reactive ketones (excluding diaryl/α,β-unsaturated/α-hetero) is 1. The second kappa shape index (κ2) is 10.2. The Morgan fingerprint density at radius 1 is 1.22 bits per heavy atom. The first-order chi connectivity index (χ1) is 8.51. The number of unbranched alkanes of at least 4 members (excludes halogenated alkanes) is 2. The zero-order chi connectivity index (χ0) is 14.0. The van der Waals surface area contributed by atoms with Gasteiger partial charge < -0.3 is 5.32 Å². The Morgan fingerprint density at radius 2 is 1.89 bits per heavy atom. The van der Waals surface area contributed by atoms with E-state index in [4.69, 9.17) is 0 Å². The third kappa shape index (κ3) is 8.37. The second-order valence-corrected chi connectivity index (χ2v) is 5.02. The highest BCUT2D eigenvalue weighted by Gasteiger charge is 2.14. The van der Waals surface area contributed by atoms with E-state index in [0.29, 0.717) is 13.0 Å². The molecule has 0 aromatic rings. The zero-order valence-corrected chi connectivity index (χ0v) is 12.6. The van der Waals surface area contributed by atoms with E-state index < -0.39 is 0 Å². The van der Waals surface area contributed by atoms with Crippen molar-refractivity contribution >= 4 is 26.0 Å². The van der Waals surface area contributed by atoms with Crippen molar-refractivity contribution < 1.29 is 9.59 Å². The van der Waals surface area contributed by atoms with Gasteiger partial charge in [0.05, 0.1) is 12.6 Å². The van der Waals surface area contributed by atoms with E-state index in [9.17, 15) is 9.59 Å². The lowest BCUT2D eigenvalue weighted by molar-refractivity contribution is -0.120. The Kier molecular flexibility index (Phi) is 9.80. The van der Waals surface area contributed by atoms with Crippen LogP contribution in [-0.2, 0) is 9.59 Å². The fourth-order valence-electron chi connectivity index (χ4n) is 1.55. The Bertz CT molecular complexity index is 293. The second-order valence-electron chi connectivity index (χ2n) is 4.41. The van der Waals surface area contributed by atoms with Crippen LogP contribution in [0.5, 0.6) is 0 Å². The van der Waals surface area contributed by atoms with Gasteiger partial charge in [-0.3, -0.25) is 14.9 Å². The monoisotopic (exact) mass is 272 g/mol. The summed E-state index contributed by atoms with van der Waals surface area (Å²) in [7, 11) is 3.41. The molecule has 1 amide bonds. The summed E-state index contributed by atoms with van der Waals surface area (Å²) in [6.45, 7) is 5.94. The first-order valence-electron chi connectivity index (χ1n) is 6.62. The maximum absolute atomic E-state index is 11.5. The molecule has 4 nitrogen and oxygen atoms in total. The largest absolute Gasteiger partial charge is 0.351 e. The third-order valence-corrected chi connectivity index (χ3v) is 3.04. The molecule has 1 unspecified atom stereocenters. The van der Waals surface area contributed by atoms with Gasteiger partial charge in [-0.05, 0) is 13.3 Å². The molecule has 5 heteroatoms. The van der Waals surface area contributed by atoms with Crippen LogP contribution in [0.3, 0.4) is 0 Å². The summed E-state index contributed by atoms with van der Waals surface area (Å²) in [5, 5.41) is 5.87. The molecule has 0 aliphatic heterocycles. The molecular formula is C13H25N2O2P. The lowest BCUT2D eigenvalue weighted by Gasteiger charge is -2.17. The molecule has 2 N–H and O–H groups in total. The summed E-state index contributed by atoms with van der Waals surface area (Å²) in [6, 6.07) is -0.164. The van der Waals surface area contributed by atoms with Crippen molar-refractivity contribution in [2.75, 3.05) is 6.54 Å². The first-order valence-corrected chi connectivity index (χ1v) is 7.12. The summed E-state index contributed by atoms with van der Waals surface area (Å²) < 4.78 is 0. The van der Waals surface area contributed by atoms with Crippen molar-refractivity contribution in [1.29, 1.82) is 0 Å². The Balaban J connectivity index is 4.03. The van der Waals surface area contributed by atoms with E-state index in [1.165, 1.54) is 0 Å². The number of rotatable bonds is 10. The highest BCUT2D eigenvalue weighted by Crippen LogP contribution is 2.04. The molecular weight excluding hydrogens is 247 g/mol. The molecule has 0 radical (unpaired) electrons. The van der Waals surface area contributed by atoms with Gasteiger partial charge in [0.2, 0.25) is 5.91 Å². The molecule has 1 atom stereocenters. The van der Waals surface area contributed by atoms with Crippen molar-refractivity contribution in [3.05, 3.63) is 0 Å². The summed E-state index contributed by atoms with van der Waals surface area (Å²) in [6.07, 6.45) is 4.61. The van der Waals surface area contributed by atoms with Gasteiger partial charge >= 0.3 is 0 Å². The van der Waals surface area contributed by atoms with E-state index in [2.05, 4.69) is 26.4 Å². The van der Waals surface area contributed by atoms with Crippen LogP contribution in [0.15, 0.2) is 0 Å². The van der Waals surface area contributed by atoms with E-state index in [0.717, 1.165) is 31.1 Å². The van der Waals surface area contributed by atoms with E-state index in [1.807, 2.05) is 0 Å². The predicted octanol–water partition coefficient (Wildman–Crippen LogP) is 1.91. The van der Waals surface area contributed by atoms with Crippen LogP contribution in [0.4, 0.5) is 0 Å². The number of nitrogens with one attached hydrogen (secondary N) is 2. The van der Waals surface area contributed by atoms with Crippen LogP contribution in [0.1, 0.15) is 52.9 Å². The van der Waals surface area contributed by atoms with Gasteiger partial charge in [0, 0.05) is 11.8 Å². The summed E-state index contributed by atoms with van der Waals surface area (Å²) >= 11 is 0. The van der Waals surface area contributed by atoms with Crippen LogP contribution in [-0.4, -0.2) is 29.7 Å². The first kappa shape index (κ1) is 17.3. The fourth-order valence-corrected chi connectivity index (χ4v) is 1.81. The minimum atomic E-state index is -0.164. The van der Waals surface area contributed by atoms with Crippen molar-refractivity contribution in [3.8, 4) is 0 Å². The summed E-state index contributed by atoms with van der Waals surface area (Å²) in [5.74, 6) is 0.126. The van der Waals surface area contributed by atoms with E-state index in [-0.39, 0.29) is 17.7 Å². The topological polar surface area (TPSA) is 58.2 Å². The number of hydrogen-bond donors (Lipinski definition) is 2. The van der Waals surface area contributed by atoms with Gasteiger partial charge in [0.15, 0.2) is 0 Å². The quantitative estimate of drug-likeness (QED) is 0.472. The minimum absolute atomic E-state index is 0.00194. The number of ketones is 1. The van der Waals surface area contributed by atoms with Crippen LogP contribution in [0.2, 0.25) is 0 Å². The smallest absolute Gasteiger partial charge is 0.220 e. The average molecular weight is 272 g/mol. The molecule has 0 bridgehead atoms. The predicted molar refractivity (Wildman–Crippen MR) is 78.4 cm³/mol. The number of amides is 1. The number of carbonyl (C=O) groups excluding carboxylic acids is 2. The molecule has 0 heterocycles. The molecule has 0 aromatic heterocycles. The molecule has 104 valence electrons. The average Bonchev–Trinajstić information content (AvgIpc) is 2.34. The molecule has 0 spiro atoms. The molecule has 0 aliphatic rings. The molecule has 0 saturated carbocycles. The van der Waals surface area contributed by atoms with Gasteiger partial charge in [-0.15, -0.1) is 8.86 Å². The van der Waals surface area contributed by atoms with Gasteiger partial charge in [-0.2, -0.15) is 0 Å². The van der Waals surface area contributed by atoms with Crippen molar-refractivity contribution in [2.24, 2.45) is 0 Å². The van der Waals surface area contributed by atoms with Crippen LogP contribution in [0, 0.1) is 0 Å². The maximum Gasteiger partial charge on any atom is 0.220 e. The SMILES string of the molecule is CCCCCC(NC(=P)CNC(=O)CC)C(C)=O. The van der Waals surface area contributed by atoms with Gasteiger partial charge in [-0.25, -0.2) is 0 Å². The normalized spacial score (nSPS) is 11.9. The minimum Gasteiger partial charge on any atom is -0.351 e. The highest BCUT2D eigenvalue weighted by molar-refractivity contribution is 7.21. The van der Waals surface area contributed by atoms with Gasteiger partial charge in [-0.1, -0.05) is 33.1 Å². The molecule has 0 fully saturated rings. The van der Waals surface area contributed by atoms with Crippen molar-refractivity contribution in [2.45, 2.75) is 58.9 Å². The lowest BCUT2D eigenvalue weighted by Crippen LogP contribution is -2.43. The molecule has 18 heavy (non-hydrogen) atoms. The van der Waals surface area contributed by atoms with E-state index in [1.54, 1.807) is 13.8 Å². The Labute approximate surface area is 112 Å². The molecule has 0 rings (SSSR count). The van der Waals surface area contributed by atoms with Crippen LogP contribution >= 0.6 is 8.86 Å². The van der Waals surface area contributed by atoms with Gasteiger partial charge in [0.25, 0.3) is 0 Å². The van der Waals surface area contributed by atoms with Crippen molar-refractivity contribution in [1.82, 2.24) is 10.6 Å². The fraction of sp³-hybridized carbons (Fsp3) is 0.769. The number of carbonyl (C=O) groups is 2. The van der Waals surface area contributed by atoms with Crippen molar-refractivity contribution in [3.63, 3.8) is 0 Å². The summed E-state index contributed by atoms with van der Waals surface area (Å²) in [4.78, 5) is 22.6. The van der Waals surface area contributed by atoms with Crippen LogP contribution < -0.4 is 10.6 Å². The standard InChI is InChI=1S/C13H25N2O2P/c1-4-6-7-8-11(10(3)16)15-13(18)9-14-12(17)5-2/h11,15,18H,4-9H2,1-3H3,(H,14,17). The van der Waals surface area contributed by atoms with E-state index >= 15 is 0 Å². The summed E-state index contributed by atoms with van der Waals surface area (Å²) in [5.41, 5.74) is 0.744. The third-order valence-electron chi connectivity index (χ3n) is 2.72. The number of hydrogen-bond acceptors (Lipinski definition) is 2. The molecule has 0 saturated heterocycles. The zero-order valence-electron chi connectivity index (χ0n) is 11.6. The lowest BCUT2D eigenvalue weighted by atomic mass is 10.1. The molecule has 0 aromatic carbocycles.